The Balaban J connectivity index is 1.70. The summed E-state index contributed by atoms with van der Waals surface area (Å²) in [6.07, 6.45) is 1.53. The van der Waals surface area contributed by atoms with Crippen LogP contribution in [0.1, 0.15) is 10.4 Å². The van der Waals surface area contributed by atoms with E-state index < -0.39 is 5.97 Å². The molecule has 0 saturated carbocycles. The number of pyridine rings is 1. The summed E-state index contributed by atoms with van der Waals surface area (Å²) in [4.78, 5) is 18.7. The quantitative estimate of drug-likeness (QED) is 0.636. The molecule has 0 spiro atoms. The molecule has 3 rings (SSSR count). The minimum absolute atomic E-state index is 0.386. The maximum Gasteiger partial charge on any atom is 0.345 e. The fourth-order valence-corrected chi connectivity index (χ4v) is 2.35. The molecule has 0 atom stereocenters. The Morgan fingerprint density at radius 3 is 2.52 bits per heavy atom. The van der Waals surface area contributed by atoms with Gasteiger partial charge in [0.15, 0.2) is 11.5 Å². The van der Waals surface area contributed by atoms with E-state index in [4.69, 9.17) is 14.2 Å². The molecule has 2 aromatic rings. The van der Waals surface area contributed by atoms with E-state index in [0.29, 0.717) is 30.3 Å². The predicted octanol–water partition coefficient (Wildman–Crippen LogP) is 2.15. The van der Waals surface area contributed by atoms with Gasteiger partial charge >= 0.3 is 5.97 Å². The van der Waals surface area contributed by atoms with E-state index in [1.54, 1.807) is 24.3 Å². The van der Waals surface area contributed by atoms with Gasteiger partial charge in [-0.25, -0.2) is 9.78 Å². The third kappa shape index (κ3) is 3.60. The van der Waals surface area contributed by atoms with Crippen LogP contribution in [0.15, 0.2) is 42.6 Å². The van der Waals surface area contributed by atoms with Crippen LogP contribution in [0.3, 0.4) is 0 Å². The van der Waals surface area contributed by atoms with Gasteiger partial charge in [0.25, 0.3) is 0 Å². The van der Waals surface area contributed by atoms with E-state index in [1.807, 2.05) is 12.1 Å². The van der Waals surface area contributed by atoms with Crippen molar-refractivity contribution in [3.8, 4) is 11.5 Å². The number of anilines is 1. The molecule has 0 radical (unpaired) electrons. The molecule has 1 aromatic heterocycles. The van der Waals surface area contributed by atoms with Crippen molar-refractivity contribution in [1.29, 1.82) is 0 Å². The molecule has 0 unspecified atom stereocenters. The highest BCUT2D eigenvalue weighted by atomic mass is 16.6. The normalized spacial score (nSPS) is 14.4. The van der Waals surface area contributed by atoms with Gasteiger partial charge < -0.3 is 19.1 Å². The summed E-state index contributed by atoms with van der Waals surface area (Å²) in [5, 5.41) is 0. The number of hydrogen-bond donors (Lipinski definition) is 0. The second-order valence-corrected chi connectivity index (χ2v) is 5.04. The Morgan fingerprint density at radius 1 is 1.13 bits per heavy atom. The Hall–Kier alpha value is -2.60. The third-order valence-electron chi connectivity index (χ3n) is 3.59. The average molecular weight is 314 g/mol. The number of carbonyl (C=O) groups excluding carboxylic acids is 1. The van der Waals surface area contributed by atoms with Crippen LogP contribution in [0.5, 0.6) is 11.5 Å². The first-order valence-electron chi connectivity index (χ1n) is 7.42. The molecule has 6 nitrogen and oxygen atoms in total. The number of methoxy groups -OCH3 is 1. The first kappa shape index (κ1) is 15.3. The molecule has 1 aliphatic rings. The van der Waals surface area contributed by atoms with Gasteiger partial charge in [-0.05, 0) is 24.3 Å². The summed E-state index contributed by atoms with van der Waals surface area (Å²) in [5.41, 5.74) is 0.396. The summed E-state index contributed by atoms with van der Waals surface area (Å²) in [7, 11) is 1.53. The van der Waals surface area contributed by atoms with Gasteiger partial charge in [0.1, 0.15) is 5.82 Å². The lowest BCUT2D eigenvalue weighted by Crippen LogP contribution is -2.36. The van der Waals surface area contributed by atoms with Gasteiger partial charge in [-0.1, -0.05) is 12.1 Å². The van der Waals surface area contributed by atoms with E-state index in [-0.39, 0.29) is 0 Å². The number of rotatable bonds is 4. The lowest BCUT2D eigenvalue weighted by atomic mass is 10.2. The van der Waals surface area contributed by atoms with Crippen molar-refractivity contribution in [2.75, 3.05) is 38.3 Å². The van der Waals surface area contributed by atoms with Crippen LogP contribution in [0.2, 0.25) is 0 Å². The number of aromatic nitrogens is 1. The highest BCUT2D eigenvalue weighted by Crippen LogP contribution is 2.26. The van der Waals surface area contributed by atoms with Crippen molar-refractivity contribution in [3.63, 3.8) is 0 Å². The van der Waals surface area contributed by atoms with E-state index >= 15 is 0 Å². The number of carbonyl (C=O) groups is 1. The maximum atomic E-state index is 12.2. The van der Waals surface area contributed by atoms with Gasteiger partial charge in [0.05, 0.1) is 25.9 Å². The van der Waals surface area contributed by atoms with Crippen molar-refractivity contribution in [1.82, 2.24) is 4.98 Å². The highest BCUT2D eigenvalue weighted by molar-refractivity contribution is 5.91. The number of morpholine rings is 1. The van der Waals surface area contributed by atoms with Crippen molar-refractivity contribution in [3.05, 3.63) is 48.2 Å². The van der Waals surface area contributed by atoms with Crippen molar-refractivity contribution >= 4 is 11.8 Å². The molecule has 0 amide bonds. The summed E-state index contributed by atoms with van der Waals surface area (Å²) < 4.78 is 15.9. The van der Waals surface area contributed by atoms with Crippen LogP contribution in [-0.2, 0) is 4.74 Å². The first-order valence-corrected chi connectivity index (χ1v) is 7.42. The molecule has 1 aliphatic heterocycles. The lowest BCUT2D eigenvalue weighted by Gasteiger charge is -2.27. The molecule has 23 heavy (non-hydrogen) atoms. The van der Waals surface area contributed by atoms with Crippen molar-refractivity contribution in [2.24, 2.45) is 0 Å². The maximum absolute atomic E-state index is 12.2. The molecular weight excluding hydrogens is 296 g/mol. The zero-order valence-corrected chi connectivity index (χ0v) is 12.9. The smallest absolute Gasteiger partial charge is 0.345 e. The van der Waals surface area contributed by atoms with Crippen LogP contribution in [0.25, 0.3) is 0 Å². The molecule has 0 N–H and O–H groups in total. The summed E-state index contributed by atoms with van der Waals surface area (Å²) >= 11 is 0. The van der Waals surface area contributed by atoms with E-state index in [1.165, 1.54) is 13.3 Å². The fraction of sp³-hybridized carbons (Fsp3) is 0.294. The fourth-order valence-electron chi connectivity index (χ4n) is 2.35. The van der Waals surface area contributed by atoms with Crippen molar-refractivity contribution < 1.29 is 19.0 Å². The monoisotopic (exact) mass is 314 g/mol. The minimum atomic E-state index is -0.462. The first-order chi connectivity index (χ1) is 11.3. The minimum Gasteiger partial charge on any atom is -0.493 e. The molecule has 1 saturated heterocycles. The second kappa shape index (κ2) is 7.11. The summed E-state index contributed by atoms with van der Waals surface area (Å²) in [6.45, 7) is 2.99. The molecule has 120 valence electrons. The van der Waals surface area contributed by atoms with E-state index in [9.17, 15) is 4.79 Å². The molecule has 1 fully saturated rings. The van der Waals surface area contributed by atoms with E-state index in [0.717, 1.165) is 18.9 Å². The van der Waals surface area contributed by atoms with Crippen LogP contribution in [-0.4, -0.2) is 44.4 Å². The van der Waals surface area contributed by atoms with Crippen LogP contribution in [0, 0.1) is 0 Å². The zero-order valence-electron chi connectivity index (χ0n) is 12.9. The molecule has 1 aromatic carbocycles. The number of benzene rings is 1. The summed E-state index contributed by atoms with van der Waals surface area (Å²) in [6, 6.07) is 10.6. The topological polar surface area (TPSA) is 60.9 Å². The Morgan fingerprint density at radius 2 is 1.87 bits per heavy atom. The number of ether oxygens (including phenoxy) is 3. The molecular formula is C17H18N2O4. The number of para-hydroxylation sites is 2. The van der Waals surface area contributed by atoms with Crippen LogP contribution in [0.4, 0.5) is 5.82 Å². The van der Waals surface area contributed by atoms with Crippen molar-refractivity contribution in [2.45, 2.75) is 0 Å². The number of nitrogens with zero attached hydrogens (tertiary/aromatic N) is 2. The summed E-state index contributed by atoms with van der Waals surface area (Å²) in [5.74, 6) is 1.27. The lowest BCUT2D eigenvalue weighted by molar-refractivity contribution is 0.0729. The molecule has 0 aliphatic carbocycles. The van der Waals surface area contributed by atoms with Gasteiger partial charge in [0, 0.05) is 19.3 Å². The Labute approximate surface area is 134 Å². The largest absolute Gasteiger partial charge is 0.493 e. The molecule has 6 heteroatoms. The zero-order chi connectivity index (χ0) is 16.1. The predicted molar refractivity (Wildman–Crippen MR) is 85.2 cm³/mol. The van der Waals surface area contributed by atoms with Crippen LogP contribution >= 0.6 is 0 Å². The molecule has 2 heterocycles. The number of hydrogen-bond acceptors (Lipinski definition) is 6. The standard InChI is InChI=1S/C17H18N2O4/c1-21-14-4-2-3-5-15(14)23-17(20)13-6-7-16(18-12-13)19-8-10-22-11-9-19/h2-7,12H,8-11H2,1H3. The second-order valence-electron chi connectivity index (χ2n) is 5.04. The van der Waals surface area contributed by atoms with Gasteiger partial charge in [0.2, 0.25) is 0 Å². The van der Waals surface area contributed by atoms with Gasteiger partial charge in [-0.2, -0.15) is 0 Å². The third-order valence-corrected chi connectivity index (χ3v) is 3.59. The SMILES string of the molecule is COc1ccccc1OC(=O)c1ccc(N2CCOCC2)nc1. The Bertz CT molecular complexity index is 667. The average Bonchev–Trinajstić information content (AvgIpc) is 2.63. The highest BCUT2D eigenvalue weighted by Gasteiger charge is 2.15. The molecule has 0 bridgehead atoms. The Kier molecular flexibility index (Phi) is 4.73. The van der Waals surface area contributed by atoms with Gasteiger partial charge in [-0.3, -0.25) is 0 Å². The number of esters is 1. The van der Waals surface area contributed by atoms with Gasteiger partial charge in [-0.15, -0.1) is 0 Å². The van der Waals surface area contributed by atoms with Crippen LogP contribution < -0.4 is 14.4 Å². The van der Waals surface area contributed by atoms with E-state index in [2.05, 4.69) is 9.88 Å².